The largest absolute Gasteiger partial charge is 0.465 e. The second kappa shape index (κ2) is 7.36. The number of benzene rings is 1. The van der Waals surface area contributed by atoms with Gasteiger partial charge in [0.2, 0.25) is 0 Å². The molecule has 1 aliphatic heterocycles. The first kappa shape index (κ1) is 19.2. The molecule has 3 aromatic rings. The van der Waals surface area contributed by atoms with Crippen LogP contribution in [0.4, 0.5) is 10.6 Å². The number of carbonyl (C=O) groups is 1. The van der Waals surface area contributed by atoms with Crippen LogP contribution in [0.15, 0.2) is 47.8 Å². The molecular formula is C19H21N5O4S. The summed E-state index contributed by atoms with van der Waals surface area (Å²) in [7, 11) is -3.80. The lowest BCUT2D eigenvalue weighted by atomic mass is 10.1. The van der Waals surface area contributed by atoms with E-state index in [2.05, 4.69) is 15.3 Å². The van der Waals surface area contributed by atoms with Crippen LogP contribution in [-0.4, -0.2) is 52.7 Å². The van der Waals surface area contributed by atoms with Crippen molar-refractivity contribution in [2.45, 2.75) is 30.7 Å². The van der Waals surface area contributed by atoms with Gasteiger partial charge in [0.05, 0.1) is 10.3 Å². The van der Waals surface area contributed by atoms with Gasteiger partial charge in [-0.15, -0.1) is 0 Å². The normalized spacial score (nSPS) is 17.4. The molecule has 2 N–H and O–H groups in total. The van der Waals surface area contributed by atoms with Crippen molar-refractivity contribution in [1.82, 2.24) is 19.3 Å². The number of aromatic nitrogens is 3. The van der Waals surface area contributed by atoms with Crippen LogP contribution in [-0.2, 0) is 10.0 Å². The second-order valence-electron chi connectivity index (χ2n) is 7.10. The third-order valence-electron chi connectivity index (χ3n) is 5.05. The monoisotopic (exact) mass is 415 g/mol. The smallest absolute Gasteiger partial charge is 0.404 e. The zero-order chi connectivity index (χ0) is 20.6. The van der Waals surface area contributed by atoms with Gasteiger partial charge >= 0.3 is 6.09 Å². The van der Waals surface area contributed by atoms with Crippen LogP contribution >= 0.6 is 0 Å². The van der Waals surface area contributed by atoms with E-state index in [1.807, 2.05) is 11.8 Å². The molecule has 1 aromatic carbocycles. The lowest BCUT2D eigenvalue weighted by Crippen LogP contribution is -2.47. The minimum absolute atomic E-state index is 0.185. The molecule has 1 unspecified atom stereocenters. The van der Waals surface area contributed by atoms with Gasteiger partial charge in [-0.1, -0.05) is 17.7 Å². The highest BCUT2D eigenvalue weighted by atomic mass is 32.2. The number of amides is 1. The van der Waals surface area contributed by atoms with Crippen LogP contribution in [0.3, 0.4) is 0 Å². The molecule has 0 spiro atoms. The molecule has 9 nitrogen and oxygen atoms in total. The summed E-state index contributed by atoms with van der Waals surface area (Å²) in [6.07, 6.45) is 3.32. The summed E-state index contributed by atoms with van der Waals surface area (Å²) in [5.74, 6) is 0.602. The molecule has 0 radical (unpaired) electrons. The SMILES string of the molecule is Cc1ccc(S(=O)(=O)n2ccc3c(N4CCCC(NC(=O)O)C4)ncnc32)cc1. The Morgan fingerprint density at radius 1 is 1.21 bits per heavy atom. The van der Waals surface area contributed by atoms with Gasteiger partial charge in [-0.25, -0.2) is 27.2 Å². The Morgan fingerprint density at radius 3 is 2.69 bits per heavy atom. The first-order chi connectivity index (χ1) is 13.9. The van der Waals surface area contributed by atoms with Gasteiger partial charge in [-0.2, -0.15) is 0 Å². The zero-order valence-electron chi connectivity index (χ0n) is 15.8. The highest BCUT2D eigenvalue weighted by Crippen LogP contribution is 2.28. The zero-order valence-corrected chi connectivity index (χ0v) is 16.6. The van der Waals surface area contributed by atoms with Gasteiger partial charge in [0.25, 0.3) is 10.0 Å². The van der Waals surface area contributed by atoms with Crippen LogP contribution < -0.4 is 10.2 Å². The molecule has 152 valence electrons. The molecule has 0 aliphatic carbocycles. The number of carboxylic acid groups (broad SMARTS) is 1. The Kier molecular flexibility index (Phi) is 4.87. The van der Waals surface area contributed by atoms with E-state index in [-0.39, 0.29) is 10.9 Å². The van der Waals surface area contributed by atoms with Crippen molar-refractivity contribution in [3.8, 4) is 0 Å². The highest BCUT2D eigenvalue weighted by molar-refractivity contribution is 7.90. The number of fused-ring (bicyclic) bond motifs is 1. The average molecular weight is 415 g/mol. The third kappa shape index (κ3) is 3.63. The lowest BCUT2D eigenvalue weighted by Gasteiger charge is -2.33. The Labute approximate surface area is 168 Å². The Morgan fingerprint density at radius 2 is 1.97 bits per heavy atom. The van der Waals surface area contributed by atoms with E-state index in [1.165, 1.54) is 12.5 Å². The van der Waals surface area contributed by atoms with Crippen molar-refractivity contribution in [1.29, 1.82) is 0 Å². The van der Waals surface area contributed by atoms with Crippen molar-refractivity contribution < 1.29 is 18.3 Å². The number of hydrogen-bond donors (Lipinski definition) is 2. The van der Waals surface area contributed by atoms with Crippen molar-refractivity contribution in [2.75, 3.05) is 18.0 Å². The van der Waals surface area contributed by atoms with E-state index in [9.17, 15) is 13.2 Å². The van der Waals surface area contributed by atoms with E-state index in [0.29, 0.717) is 29.9 Å². The maximum atomic E-state index is 13.1. The molecular weight excluding hydrogens is 394 g/mol. The summed E-state index contributed by atoms with van der Waals surface area (Å²) in [4.78, 5) is 21.7. The summed E-state index contributed by atoms with van der Waals surface area (Å²) in [6.45, 7) is 3.07. The van der Waals surface area contributed by atoms with Crippen LogP contribution in [0.25, 0.3) is 11.0 Å². The number of nitrogens with zero attached hydrogens (tertiary/aromatic N) is 4. The van der Waals surface area contributed by atoms with E-state index < -0.39 is 16.1 Å². The van der Waals surface area contributed by atoms with Crippen LogP contribution in [0.2, 0.25) is 0 Å². The summed E-state index contributed by atoms with van der Waals surface area (Å²) >= 11 is 0. The van der Waals surface area contributed by atoms with E-state index >= 15 is 0 Å². The molecule has 29 heavy (non-hydrogen) atoms. The molecule has 0 bridgehead atoms. The first-order valence-corrected chi connectivity index (χ1v) is 10.7. The fourth-order valence-electron chi connectivity index (χ4n) is 3.65. The maximum Gasteiger partial charge on any atom is 0.404 e. The summed E-state index contributed by atoms with van der Waals surface area (Å²) < 4.78 is 27.4. The lowest BCUT2D eigenvalue weighted by molar-refractivity contribution is 0.188. The summed E-state index contributed by atoms with van der Waals surface area (Å²) in [5, 5.41) is 12.1. The molecule has 0 saturated carbocycles. The Balaban J connectivity index is 1.72. The fourth-order valence-corrected chi connectivity index (χ4v) is 4.95. The number of rotatable bonds is 4. The van der Waals surface area contributed by atoms with Crippen molar-refractivity contribution in [2.24, 2.45) is 0 Å². The fraction of sp³-hybridized carbons (Fsp3) is 0.316. The molecule has 1 fully saturated rings. The molecule has 1 aliphatic rings. The first-order valence-electron chi connectivity index (χ1n) is 9.25. The molecule has 10 heteroatoms. The van der Waals surface area contributed by atoms with Crippen LogP contribution in [0.5, 0.6) is 0 Å². The standard InChI is InChI=1S/C19H21N5O4S/c1-13-4-6-15(7-5-13)29(27,28)24-10-8-16-17(20-12-21-18(16)24)23-9-2-3-14(11-23)22-19(25)26/h4-8,10,12,14,22H,2-3,9,11H2,1H3,(H,25,26). The minimum Gasteiger partial charge on any atom is -0.465 e. The quantitative estimate of drug-likeness (QED) is 0.671. The summed E-state index contributed by atoms with van der Waals surface area (Å²) in [5.41, 5.74) is 1.27. The molecule has 1 saturated heterocycles. The molecule has 1 amide bonds. The molecule has 1 atom stereocenters. The number of hydrogen-bond acceptors (Lipinski definition) is 6. The Hall–Kier alpha value is -3.14. The van der Waals surface area contributed by atoms with E-state index in [0.717, 1.165) is 22.4 Å². The van der Waals surface area contributed by atoms with Crippen LogP contribution in [0.1, 0.15) is 18.4 Å². The van der Waals surface area contributed by atoms with Gasteiger partial charge < -0.3 is 15.3 Å². The predicted octanol–water partition coefficient (Wildman–Crippen LogP) is 2.21. The Bertz CT molecular complexity index is 1160. The molecule has 2 aromatic heterocycles. The van der Waals surface area contributed by atoms with Gasteiger partial charge in [-0.3, -0.25) is 0 Å². The number of piperidine rings is 1. The molecule has 3 heterocycles. The van der Waals surface area contributed by atoms with Gasteiger partial charge in [0.1, 0.15) is 12.1 Å². The van der Waals surface area contributed by atoms with E-state index in [1.54, 1.807) is 30.3 Å². The van der Waals surface area contributed by atoms with Gasteiger partial charge in [-0.05, 0) is 38.0 Å². The van der Waals surface area contributed by atoms with Crippen molar-refractivity contribution in [3.63, 3.8) is 0 Å². The second-order valence-corrected chi connectivity index (χ2v) is 8.91. The molecule has 4 rings (SSSR count). The van der Waals surface area contributed by atoms with Gasteiger partial charge in [0.15, 0.2) is 5.65 Å². The topological polar surface area (TPSA) is 117 Å². The predicted molar refractivity (Wildman–Crippen MR) is 108 cm³/mol. The van der Waals surface area contributed by atoms with Gasteiger partial charge in [0, 0.05) is 25.3 Å². The summed E-state index contributed by atoms with van der Waals surface area (Å²) in [6, 6.07) is 8.14. The number of aryl methyl sites for hydroxylation is 1. The number of nitrogens with one attached hydrogen (secondary N) is 1. The third-order valence-corrected chi connectivity index (χ3v) is 6.73. The minimum atomic E-state index is -3.80. The highest BCUT2D eigenvalue weighted by Gasteiger charge is 2.26. The van der Waals surface area contributed by atoms with E-state index in [4.69, 9.17) is 5.11 Å². The van der Waals surface area contributed by atoms with Crippen molar-refractivity contribution >= 4 is 33.0 Å². The van der Waals surface area contributed by atoms with Crippen molar-refractivity contribution in [3.05, 3.63) is 48.4 Å². The van der Waals surface area contributed by atoms with Crippen LogP contribution in [0, 0.1) is 6.92 Å². The maximum absolute atomic E-state index is 13.1. The number of anilines is 1. The average Bonchev–Trinajstić information content (AvgIpc) is 3.13.